The molecule has 1 aliphatic rings. The Labute approximate surface area is 202 Å². The first-order chi connectivity index (χ1) is 15.6. The van der Waals surface area contributed by atoms with E-state index in [-0.39, 0.29) is 40.3 Å². The number of benzene rings is 2. The summed E-state index contributed by atoms with van der Waals surface area (Å²) in [5, 5.41) is 0. The number of morpholine rings is 1. The number of halogens is 4. The number of nitrogens with zero attached hydrogens (tertiary/aromatic N) is 1. The van der Waals surface area contributed by atoms with Crippen molar-refractivity contribution >= 4 is 32.9 Å². The molecule has 34 heavy (non-hydrogen) atoms. The lowest BCUT2D eigenvalue weighted by Gasteiger charge is -2.26. The molecular formula is C23H25ClF3NO5S. The van der Waals surface area contributed by atoms with Gasteiger partial charge < -0.3 is 9.47 Å². The number of sulfone groups is 1. The van der Waals surface area contributed by atoms with E-state index >= 15 is 0 Å². The zero-order valence-corrected chi connectivity index (χ0v) is 20.0. The van der Waals surface area contributed by atoms with Crippen molar-refractivity contribution in [2.24, 2.45) is 0 Å². The lowest BCUT2D eigenvalue weighted by molar-refractivity contribution is -0.0792. The van der Waals surface area contributed by atoms with Crippen LogP contribution in [0.4, 0.5) is 13.2 Å². The number of allylic oxidation sites excluding steroid dienone is 1. The van der Waals surface area contributed by atoms with Crippen LogP contribution >= 0.6 is 12.4 Å². The average Bonchev–Trinajstić information content (AvgIpc) is 2.78. The SMILES string of the molecule is CC(=O)c1ccc(/C(=C\C(F)(F)F)S(=O)(=O)c2ccc(OCCN3CCOCC3)cc2)cc1.Cl. The smallest absolute Gasteiger partial charge is 0.411 e. The molecule has 0 bridgehead atoms. The Hall–Kier alpha value is -2.40. The van der Waals surface area contributed by atoms with Gasteiger partial charge in [-0.2, -0.15) is 13.2 Å². The topological polar surface area (TPSA) is 72.9 Å². The number of hydrogen-bond donors (Lipinski definition) is 0. The van der Waals surface area contributed by atoms with E-state index in [4.69, 9.17) is 9.47 Å². The molecule has 2 aromatic carbocycles. The van der Waals surface area contributed by atoms with Crippen molar-refractivity contribution < 1.29 is 35.9 Å². The highest BCUT2D eigenvalue weighted by molar-refractivity contribution is 8.00. The Morgan fingerprint density at radius 1 is 1.03 bits per heavy atom. The van der Waals surface area contributed by atoms with Gasteiger partial charge in [-0.25, -0.2) is 8.42 Å². The zero-order valence-electron chi connectivity index (χ0n) is 18.4. The van der Waals surface area contributed by atoms with Crippen LogP contribution in [-0.4, -0.2) is 64.7 Å². The molecule has 1 aliphatic heterocycles. The largest absolute Gasteiger partial charge is 0.492 e. The Bertz CT molecular complexity index is 1090. The quantitative estimate of drug-likeness (QED) is 0.481. The summed E-state index contributed by atoms with van der Waals surface area (Å²) in [6, 6.07) is 10.2. The van der Waals surface area contributed by atoms with Crippen LogP contribution in [0.3, 0.4) is 0 Å². The fraction of sp³-hybridized carbons (Fsp3) is 0.348. The molecule has 0 amide bonds. The van der Waals surface area contributed by atoms with Crippen molar-refractivity contribution in [3.05, 3.63) is 65.7 Å². The van der Waals surface area contributed by atoms with Crippen LogP contribution in [0, 0.1) is 0 Å². The maximum atomic E-state index is 13.2. The van der Waals surface area contributed by atoms with E-state index in [9.17, 15) is 26.4 Å². The van der Waals surface area contributed by atoms with Crippen molar-refractivity contribution in [1.82, 2.24) is 4.90 Å². The Morgan fingerprint density at radius 2 is 1.59 bits per heavy atom. The predicted octanol–water partition coefficient (Wildman–Crippen LogP) is 4.40. The molecule has 1 heterocycles. The molecule has 0 spiro atoms. The fourth-order valence-electron chi connectivity index (χ4n) is 3.29. The Morgan fingerprint density at radius 3 is 2.12 bits per heavy atom. The second-order valence-corrected chi connectivity index (χ2v) is 9.38. The fourth-order valence-corrected chi connectivity index (χ4v) is 4.78. The van der Waals surface area contributed by atoms with E-state index in [1.54, 1.807) is 0 Å². The maximum absolute atomic E-state index is 13.2. The van der Waals surface area contributed by atoms with Crippen LogP contribution in [0.25, 0.3) is 4.91 Å². The molecular weight excluding hydrogens is 495 g/mol. The van der Waals surface area contributed by atoms with E-state index in [1.807, 2.05) is 0 Å². The molecule has 186 valence electrons. The predicted molar refractivity (Wildman–Crippen MR) is 124 cm³/mol. The first-order valence-electron chi connectivity index (χ1n) is 10.3. The maximum Gasteiger partial charge on any atom is 0.411 e. The molecule has 1 saturated heterocycles. The van der Waals surface area contributed by atoms with Crippen LogP contribution in [0.2, 0.25) is 0 Å². The minimum Gasteiger partial charge on any atom is -0.492 e. The van der Waals surface area contributed by atoms with Gasteiger partial charge in [-0.3, -0.25) is 9.69 Å². The zero-order chi connectivity index (χ0) is 24.1. The van der Waals surface area contributed by atoms with E-state index < -0.39 is 20.9 Å². The van der Waals surface area contributed by atoms with Gasteiger partial charge in [0.05, 0.1) is 23.0 Å². The van der Waals surface area contributed by atoms with Gasteiger partial charge in [0.25, 0.3) is 0 Å². The van der Waals surface area contributed by atoms with Crippen LogP contribution in [-0.2, 0) is 14.6 Å². The second kappa shape index (κ2) is 11.8. The van der Waals surface area contributed by atoms with E-state index in [1.165, 1.54) is 55.5 Å². The highest BCUT2D eigenvalue weighted by Gasteiger charge is 2.31. The summed E-state index contributed by atoms with van der Waals surface area (Å²) in [6.45, 7) is 5.31. The van der Waals surface area contributed by atoms with Gasteiger partial charge >= 0.3 is 6.18 Å². The number of ether oxygens (including phenoxy) is 2. The number of Topliss-reactive ketones (excluding diaryl/α,β-unsaturated/α-hetero) is 1. The lowest BCUT2D eigenvalue weighted by Crippen LogP contribution is -2.38. The normalized spacial score (nSPS) is 15.5. The van der Waals surface area contributed by atoms with Crippen molar-refractivity contribution in [2.75, 3.05) is 39.5 Å². The van der Waals surface area contributed by atoms with Gasteiger partial charge in [-0.05, 0) is 36.8 Å². The standard InChI is InChI=1S/C23H24F3NO5S.ClH/c1-17(28)18-2-4-19(5-3-18)22(16-23(24,25)26)33(29,30)21-8-6-20(7-9-21)32-15-12-27-10-13-31-14-11-27;/h2-9,16H,10-15H2,1H3;1H/b22-16+;. The third-order valence-corrected chi connectivity index (χ3v) is 6.90. The summed E-state index contributed by atoms with van der Waals surface area (Å²) in [6.07, 6.45) is -5.10. The summed E-state index contributed by atoms with van der Waals surface area (Å²) in [5.74, 6) is 0.129. The van der Waals surface area contributed by atoms with Gasteiger partial charge in [0, 0.05) is 31.3 Å². The summed E-state index contributed by atoms with van der Waals surface area (Å²) in [5.41, 5.74) is 0.101. The molecule has 0 N–H and O–H groups in total. The van der Waals surface area contributed by atoms with Crippen LogP contribution in [0.1, 0.15) is 22.8 Å². The molecule has 3 rings (SSSR count). The van der Waals surface area contributed by atoms with Crippen molar-refractivity contribution in [2.45, 2.75) is 18.0 Å². The van der Waals surface area contributed by atoms with Gasteiger partial charge in [-0.15, -0.1) is 12.4 Å². The van der Waals surface area contributed by atoms with E-state index in [0.717, 1.165) is 13.1 Å². The van der Waals surface area contributed by atoms with Crippen molar-refractivity contribution in [1.29, 1.82) is 0 Å². The number of rotatable bonds is 8. The molecule has 0 unspecified atom stereocenters. The molecule has 6 nitrogen and oxygen atoms in total. The van der Waals surface area contributed by atoms with E-state index in [2.05, 4.69) is 4.90 Å². The van der Waals surface area contributed by atoms with Gasteiger partial charge in [0.1, 0.15) is 12.4 Å². The first kappa shape index (κ1) is 27.8. The van der Waals surface area contributed by atoms with Crippen molar-refractivity contribution in [3.8, 4) is 5.75 Å². The number of carbonyl (C=O) groups is 1. The number of alkyl halides is 3. The van der Waals surface area contributed by atoms with E-state index in [0.29, 0.717) is 32.1 Å². The minimum absolute atomic E-state index is 0. The third-order valence-electron chi connectivity index (χ3n) is 5.07. The monoisotopic (exact) mass is 519 g/mol. The Balaban J connectivity index is 0.00000408. The number of carbonyl (C=O) groups excluding carboxylic acids is 1. The summed E-state index contributed by atoms with van der Waals surface area (Å²) >= 11 is 0. The summed E-state index contributed by atoms with van der Waals surface area (Å²) in [7, 11) is -4.50. The number of ketones is 1. The lowest BCUT2D eigenvalue weighted by atomic mass is 10.1. The van der Waals surface area contributed by atoms with Crippen LogP contribution in [0.15, 0.2) is 59.5 Å². The van der Waals surface area contributed by atoms with Gasteiger partial charge in [0.2, 0.25) is 9.84 Å². The molecule has 0 radical (unpaired) electrons. The third kappa shape index (κ3) is 7.56. The van der Waals surface area contributed by atoms with Gasteiger partial charge in [0.15, 0.2) is 5.78 Å². The van der Waals surface area contributed by atoms with Gasteiger partial charge in [-0.1, -0.05) is 24.3 Å². The van der Waals surface area contributed by atoms with Crippen LogP contribution < -0.4 is 4.74 Å². The molecule has 0 aromatic heterocycles. The average molecular weight is 520 g/mol. The number of hydrogen-bond acceptors (Lipinski definition) is 6. The van der Waals surface area contributed by atoms with Crippen molar-refractivity contribution in [3.63, 3.8) is 0 Å². The highest BCUT2D eigenvalue weighted by Crippen LogP contribution is 2.33. The molecule has 0 aliphatic carbocycles. The molecule has 2 aromatic rings. The molecule has 11 heteroatoms. The summed E-state index contributed by atoms with van der Waals surface area (Å²) < 4.78 is 76.6. The second-order valence-electron chi connectivity index (χ2n) is 7.46. The molecule has 0 saturated carbocycles. The Kier molecular flexibility index (Phi) is 9.69. The summed E-state index contributed by atoms with van der Waals surface area (Å²) in [4.78, 5) is 12.4. The molecule has 1 fully saturated rings. The highest BCUT2D eigenvalue weighted by atomic mass is 35.5. The molecule has 0 atom stereocenters. The van der Waals surface area contributed by atoms with Crippen LogP contribution in [0.5, 0.6) is 5.75 Å². The first-order valence-corrected chi connectivity index (χ1v) is 11.7. The minimum atomic E-state index is -4.86.